The topological polar surface area (TPSA) is 69.0 Å². The summed E-state index contributed by atoms with van der Waals surface area (Å²) in [6.45, 7) is 1.93. The van der Waals surface area contributed by atoms with Crippen LogP contribution in [0.4, 0.5) is 5.69 Å². The smallest absolute Gasteiger partial charge is 0.248 e. The van der Waals surface area contributed by atoms with Gasteiger partial charge in [-0.05, 0) is 61.0 Å². The summed E-state index contributed by atoms with van der Waals surface area (Å²) < 4.78 is 6.24. The third-order valence-electron chi connectivity index (χ3n) is 4.58. The molecule has 1 heterocycles. The number of carbonyl (C=O) groups is 1. The number of carbonyl (C=O) groups excluding carboxylic acids is 1. The van der Waals surface area contributed by atoms with Gasteiger partial charge < -0.3 is 10.1 Å². The molecule has 7 heteroatoms. The lowest BCUT2D eigenvalue weighted by atomic mass is 10.1. The molecule has 3 aromatic carbocycles. The van der Waals surface area contributed by atoms with Crippen LogP contribution in [0, 0.1) is 6.92 Å². The van der Waals surface area contributed by atoms with Crippen LogP contribution in [0.2, 0.25) is 0 Å². The van der Waals surface area contributed by atoms with E-state index in [2.05, 4.69) is 31.4 Å². The van der Waals surface area contributed by atoms with Gasteiger partial charge in [-0.3, -0.25) is 4.79 Å². The molecule has 30 heavy (non-hydrogen) atoms. The lowest BCUT2D eigenvalue weighted by Crippen LogP contribution is -2.09. The molecule has 0 atom stereocenters. The Hall–Kier alpha value is -3.45. The first-order chi connectivity index (χ1) is 14.5. The third kappa shape index (κ3) is 4.26. The molecule has 150 valence electrons. The number of anilines is 1. The Morgan fingerprint density at radius 2 is 1.80 bits per heavy atom. The van der Waals surface area contributed by atoms with Crippen LogP contribution in [-0.4, -0.2) is 28.0 Å². The van der Waals surface area contributed by atoms with Crippen molar-refractivity contribution in [3.8, 4) is 11.4 Å². The predicted octanol–water partition coefficient (Wildman–Crippen LogP) is 5.15. The maximum atomic E-state index is 12.5. The fourth-order valence-corrected chi connectivity index (χ4v) is 3.43. The maximum Gasteiger partial charge on any atom is 0.248 e. The van der Waals surface area contributed by atoms with Gasteiger partial charge in [0.2, 0.25) is 5.91 Å². The van der Waals surface area contributed by atoms with Crippen molar-refractivity contribution in [1.82, 2.24) is 15.0 Å². The number of nitrogens with zero attached hydrogens (tertiary/aromatic N) is 3. The fraction of sp³-hybridized carbons (Fsp3) is 0.0870. The van der Waals surface area contributed by atoms with Gasteiger partial charge in [0.05, 0.1) is 12.8 Å². The zero-order valence-corrected chi connectivity index (χ0v) is 18.1. The van der Waals surface area contributed by atoms with Crippen molar-refractivity contribution in [2.45, 2.75) is 6.92 Å². The van der Waals surface area contributed by atoms with E-state index in [1.807, 2.05) is 67.6 Å². The number of halogens is 1. The largest absolute Gasteiger partial charge is 0.496 e. The summed E-state index contributed by atoms with van der Waals surface area (Å²) in [5.74, 6) is 0.451. The molecule has 4 rings (SSSR count). The number of hydrogen-bond donors (Lipinski definition) is 1. The highest BCUT2D eigenvalue weighted by atomic mass is 79.9. The number of hydrogen-bond acceptors (Lipinski definition) is 4. The first-order valence-electron chi connectivity index (χ1n) is 9.29. The van der Waals surface area contributed by atoms with E-state index < -0.39 is 0 Å². The number of amides is 1. The van der Waals surface area contributed by atoms with Crippen LogP contribution in [0.15, 0.2) is 71.2 Å². The molecule has 0 saturated carbocycles. The Labute approximate surface area is 182 Å². The monoisotopic (exact) mass is 462 g/mol. The summed E-state index contributed by atoms with van der Waals surface area (Å²) in [4.78, 5) is 14.1. The second-order valence-corrected chi connectivity index (χ2v) is 7.61. The molecule has 1 N–H and O–H groups in total. The van der Waals surface area contributed by atoms with Gasteiger partial charge in [0.15, 0.2) is 0 Å². The van der Waals surface area contributed by atoms with Crippen LogP contribution in [0.3, 0.4) is 0 Å². The third-order valence-corrected chi connectivity index (χ3v) is 5.07. The van der Waals surface area contributed by atoms with Crippen LogP contribution in [0.1, 0.15) is 11.1 Å². The number of para-hydroxylation sites is 1. The average molecular weight is 463 g/mol. The molecule has 0 spiro atoms. The minimum atomic E-state index is -0.241. The number of benzene rings is 3. The second-order valence-electron chi connectivity index (χ2n) is 6.69. The molecule has 4 aromatic rings. The molecular formula is C23H19BrN4O2. The quantitative estimate of drug-likeness (QED) is 0.416. The van der Waals surface area contributed by atoms with Crippen molar-refractivity contribution < 1.29 is 9.53 Å². The van der Waals surface area contributed by atoms with E-state index in [4.69, 9.17) is 4.74 Å². The van der Waals surface area contributed by atoms with Gasteiger partial charge in [-0.1, -0.05) is 34.1 Å². The number of aromatic nitrogens is 3. The van der Waals surface area contributed by atoms with Crippen molar-refractivity contribution in [1.29, 1.82) is 0 Å². The van der Waals surface area contributed by atoms with Gasteiger partial charge in [-0.2, -0.15) is 4.80 Å². The normalized spacial score (nSPS) is 11.2. The van der Waals surface area contributed by atoms with Crippen molar-refractivity contribution in [3.05, 3.63) is 82.3 Å². The molecule has 1 aromatic heterocycles. The van der Waals surface area contributed by atoms with E-state index in [-0.39, 0.29) is 5.91 Å². The minimum Gasteiger partial charge on any atom is -0.496 e. The lowest BCUT2D eigenvalue weighted by molar-refractivity contribution is -0.111. The average Bonchev–Trinajstić information content (AvgIpc) is 3.16. The van der Waals surface area contributed by atoms with E-state index in [0.29, 0.717) is 17.0 Å². The molecule has 0 saturated heterocycles. The molecule has 0 fully saturated rings. The summed E-state index contributed by atoms with van der Waals surface area (Å²) in [6, 6.07) is 19.1. The summed E-state index contributed by atoms with van der Waals surface area (Å²) >= 11 is 3.43. The van der Waals surface area contributed by atoms with Gasteiger partial charge in [0.25, 0.3) is 0 Å². The molecule has 1 amide bonds. The van der Waals surface area contributed by atoms with E-state index in [9.17, 15) is 4.79 Å². The zero-order chi connectivity index (χ0) is 21.1. The maximum absolute atomic E-state index is 12.5. The number of nitrogens with one attached hydrogen (secondary N) is 1. The highest BCUT2D eigenvalue weighted by molar-refractivity contribution is 9.10. The molecule has 0 aliphatic rings. The SMILES string of the molecule is COc1ccc(Br)cc1/C=C/C(=O)Nc1cc2nn(-c3ccccc3)nc2cc1C. The van der Waals surface area contributed by atoms with Gasteiger partial charge in [-0.15, -0.1) is 10.2 Å². The highest BCUT2D eigenvalue weighted by Gasteiger charge is 2.10. The van der Waals surface area contributed by atoms with Gasteiger partial charge in [0, 0.05) is 21.8 Å². The highest BCUT2D eigenvalue weighted by Crippen LogP contribution is 2.25. The van der Waals surface area contributed by atoms with Crippen molar-refractivity contribution in [2.75, 3.05) is 12.4 Å². The molecule has 0 radical (unpaired) electrons. The molecule has 0 aliphatic carbocycles. The Kier molecular flexibility index (Phi) is 5.63. The first-order valence-corrected chi connectivity index (χ1v) is 10.1. The van der Waals surface area contributed by atoms with E-state index in [0.717, 1.165) is 26.8 Å². The summed E-state index contributed by atoms with van der Waals surface area (Å²) in [6.07, 6.45) is 3.20. The van der Waals surface area contributed by atoms with Crippen LogP contribution in [0.25, 0.3) is 22.8 Å². The second kappa shape index (κ2) is 8.51. The summed E-state index contributed by atoms with van der Waals surface area (Å²) in [7, 11) is 1.60. The summed E-state index contributed by atoms with van der Waals surface area (Å²) in [5.41, 5.74) is 4.76. The van der Waals surface area contributed by atoms with Crippen LogP contribution in [0.5, 0.6) is 5.75 Å². The Bertz CT molecular complexity index is 1250. The Morgan fingerprint density at radius 3 is 2.53 bits per heavy atom. The number of ether oxygens (including phenoxy) is 1. The van der Waals surface area contributed by atoms with Gasteiger partial charge in [-0.25, -0.2) is 0 Å². The molecule has 0 unspecified atom stereocenters. The zero-order valence-electron chi connectivity index (χ0n) is 16.5. The van der Waals surface area contributed by atoms with E-state index in [1.165, 1.54) is 6.08 Å². The number of fused-ring (bicyclic) bond motifs is 1. The lowest BCUT2D eigenvalue weighted by Gasteiger charge is -2.07. The van der Waals surface area contributed by atoms with E-state index >= 15 is 0 Å². The Morgan fingerprint density at radius 1 is 1.07 bits per heavy atom. The van der Waals surface area contributed by atoms with Crippen LogP contribution < -0.4 is 10.1 Å². The minimum absolute atomic E-state index is 0.241. The van der Waals surface area contributed by atoms with Crippen molar-refractivity contribution in [2.24, 2.45) is 0 Å². The van der Waals surface area contributed by atoms with Crippen molar-refractivity contribution >= 4 is 44.6 Å². The van der Waals surface area contributed by atoms with Crippen LogP contribution >= 0.6 is 15.9 Å². The Balaban J connectivity index is 1.57. The predicted molar refractivity (Wildman–Crippen MR) is 122 cm³/mol. The van der Waals surface area contributed by atoms with Crippen molar-refractivity contribution in [3.63, 3.8) is 0 Å². The number of methoxy groups -OCH3 is 1. The molecule has 6 nitrogen and oxygen atoms in total. The molecular weight excluding hydrogens is 444 g/mol. The fourth-order valence-electron chi connectivity index (χ4n) is 3.05. The molecule has 0 bridgehead atoms. The standard InChI is InChI=1S/C23H19BrN4O2/c1-15-12-20-21(27-28(26-20)18-6-4-3-5-7-18)14-19(15)25-23(29)11-8-16-13-17(24)9-10-22(16)30-2/h3-14H,1-2H3,(H,25,29)/b11-8+. The van der Waals surface area contributed by atoms with Gasteiger partial charge in [0.1, 0.15) is 16.8 Å². The van der Waals surface area contributed by atoms with E-state index in [1.54, 1.807) is 18.0 Å². The first kappa shape index (κ1) is 19.8. The summed E-state index contributed by atoms with van der Waals surface area (Å²) in [5, 5.41) is 12.0. The number of rotatable bonds is 5. The van der Waals surface area contributed by atoms with Gasteiger partial charge >= 0.3 is 0 Å². The van der Waals surface area contributed by atoms with Crippen LogP contribution in [-0.2, 0) is 4.79 Å². The molecule has 0 aliphatic heterocycles. The number of aryl methyl sites for hydroxylation is 1.